The van der Waals surface area contributed by atoms with Crippen molar-refractivity contribution in [3.8, 4) is 5.75 Å². The summed E-state index contributed by atoms with van der Waals surface area (Å²) in [6.07, 6.45) is 0. The number of hydrogen-bond acceptors (Lipinski definition) is 2. The van der Waals surface area contributed by atoms with Gasteiger partial charge in [-0.05, 0) is 22.5 Å². The lowest BCUT2D eigenvalue weighted by molar-refractivity contribution is 0.222. The van der Waals surface area contributed by atoms with Crippen molar-refractivity contribution in [2.75, 3.05) is 13.2 Å². The molecule has 0 atom stereocenters. The minimum Gasteiger partial charge on any atom is -0.491 e. The highest BCUT2D eigenvalue weighted by Gasteiger charge is 2.17. The Bertz CT molecular complexity index is 647. The van der Waals surface area contributed by atoms with E-state index in [1.54, 1.807) is 0 Å². The first kappa shape index (κ1) is 15.5. The van der Waals surface area contributed by atoms with Crippen molar-refractivity contribution >= 4 is 19.4 Å². The Balaban J connectivity index is 1.63. The van der Waals surface area contributed by atoms with Crippen molar-refractivity contribution in [1.29, 1.82) is 0 Å². The van der Waals surface area contributed by atoms with Crippen LogP contribution < -0.4 is 15.1 Å². The highest BCUT2D eigenvalue weighted by atomic mass is 28.3. The predicted octanol–water partition coefficient (Wildman–Crippen LogP) is 2.62. The van der Waals surface area contributed by atoms with Gasteiger partial charge in [0.15, 0.2) is 0 Å². The van der Waals surface area contributed by atoms with Gasteiger partial charge in [0.2, 0.25) is 9.04 Å². The molecule has 3 aromatic rings. The van der Waals surface area contributed by atoms with Crippen LogP contribution in [0.3, 0.4) is 0 Å². The first-order valence-electron chi connectivity index (χ1n) is 7.83. The molecular formula is C20H20O2Si. The van der Waals surface area contributed by atoms with E-state index >= 15 is 0 Å². The maximum absolute atomic E-state index is 6.25. The van der Waals surface area contributed by atoms with Crippen LogP contribution in [0.5, 0.6) is 5.75 Å². The molecule has 2 nitrogen and oxygen atoms in total. The molecule has 0 aliphatic rings. The quantitative estimate of drug-likeness (QED) is 0.492. The zero-order chi connectivity index (χ0) is 15.7. The average Bonchev–Trinajstić information content (AvgIpc) is 2.64. The maximum Gasteiger partial charge on any atom is 0.240 e. The lowest BCUT2D eigenvalue weighted by Crippen LogP contribution is -2.45. The van der Waals surface area contributed by atoms with Crippen molar-refractivity contribution in [2.24, 2.45) is 0 Å². The van der Waals surface area contributed by atoms with Crippen molar-refractivity contribution in [1.82, 2.24) is 0 Å². The van der Waals surface area contributed by atoms with E-state index < -0.39 is 9.04 Å². The lowest BCUT2D eigenvalue weighted by Gasteiger charge is -2.17. The van der Waals surface area contributed by atoms with E-state index in [2.05, 4.69) is 48.5 Å². The van der Waals surface area contributed by atoms with E-state index in [0.29, 0.717) is 13.2 Å². The molecule has 0 fully saturated rings. The fourth-order valence-corrected chi connectivity index (χ4v) is 4.73. The van der Waals surface area contributed by atoms with Crippen molar-refractivity contribution in [2.45, 2.75) is 0 Å². The first-order valence-corrected chi connectivity index (χ1v) is 9.45. The molecular weight excluding hydrogens is 300 g/mol. The van der Waals surface area contributed by atoms with Crippen molar-refractivity contribution < 1.29 is 9.16 Å². The number of ether oxygens (including phenoxy) is 1. The van der Waals surface area contributed by atoms with Gasteiger partial charge in [-0.2, -0.15) is 0 Å². The fraction of sp³-hybridized carbons (Fsp3) is 0.100. The van der Waals surface area contributed by atoms with Gasteiger partial charge in [-0.15, -0.1) is 0 Å². The van der Waals surface area contributed by atoms with Crippen LogP contribution in [-0.4, -0.2) is 22.3 Å². The molecule has 0 aliphatic carbocycles. The maximum atomic E-state index is 6.25. The Morgan fingerprint density at radius 2 is 1.04 bits per heavy atom. The van der Waals surface area contributed by atoms with Gasteiger partial charge < -0.3 is 9.16 Å². The Morgan fingerprint density at radius 1 is 0.565 bits per heavy atom. The molecule has 0 radical (unpaired) electrons. The molecule has 0 saturated heterocycles. The van der Waals surface area contributed by atoms with E-state index in [9.17, 15) is 0 Å². The van der Waals surface area contributed by atoms with Gasteiger partial charge in [0.1, 0.15) is 12.4 Å². The summed E-state index contributed by atoms with van der Waals surface area (Å²) in [6.45, 7) is 1.16. The Morgan fingerprint density at radius 3 is 1.57 bits per heavy atom. The summed E-state index contributed by atoms with van der Waals surface area (Å²) < 4.78 is 12.0. The van der Waals surface area contributed by atoms with Gasteiger partial charge in [0.05, 0.1) is 6.61 Å². The molecule has 3 rings (SSSR count). The molecule has 3 aromatic carbocycles. The van der Waals surface area contributed by atoms with Crippen LogP contribution in [0, 0.1) is 0 Å². The van der Waals surface area contributed by atoms with Crippen LogP contribution in [0.4, 0.5) is 0 Å². The molecule has 3 heteroatoms. The normalized spacial score (nSPS) is 10.7. The summed E-state index contributed by atoms with van der Waals surface area (Å²) in [6, 6.07) is 30.8. The molecule has 0 spiro atoms. The third-order valence-corrected chi connectivity index (χ3v) is 6.13. The third kappa shape index (κ3) is 4.55. The predicted molar refractivity (Wildman–Crippen MR) is 97.2 cm³/mol. The second kappa shape index (κ2) is 8.32. The Hall–Kier alpha value is -2.36. The summed E-state index contributed by atoms with van der Waals surface area (Å²) in [4.78, 5) is 0. The van der Waals surface area contributed by atoms with Crippen LogP contribution in [0.15, 0.2) is 91.0 Å². The average molecular weight is 320 g/mol. The molecule has 116 valence electrons. The van der Waals surface area contributed by atoms with Gasteiger partial charge in [-0.25, -0.2) is 0 Å². The zero-order valence-corrected chi connectivity index (χ0v) is 14.1. The molecule has 0 N–H and O–H groups in total. The van der Waals surface area contributed by atoms with Crippen LogP contribution >= 0.6 is 0 Å². The minimum absolute atomic E-state index is 0.563. The molecule has 23 heavy (non-hydrogen) atoms. The van der Waals surface area contributed by atoms with Crippen molar-refractivity contribution in [3.63, 3.8) is 0 Å². The van der Waals surface area contributed by atoms with Gasteiger partial charge in [-0.3, -0.25) is 0 Å². The second-order valence-corrected chi connectivity index (χ2v) is 7.66. The number of para-hydroxylation sites is 1. The van der Waals surface area contributed by atoms with Gasteiger partial charge in [-0.1, -0.05) is 78.9 Å². The van der Waals surface area contributed by atoms with E-state index in [-0.39, 0.29) is 0 Å². The molecule has 0 saturated carbocycles. The Labute approximate surface area is 139 Å². The van der Waals surface area contributed by atoms with Gasteiger partial charge in [0, 0.05) is 0 Å². The van der Waals surface area contributed by atoms with Crippen molar-refractivity contribution in [3.05, 3.63) is 91.0 Å². The largest absolute Gasteiger partial charge is 0.491 e. The topological polar surface area (TPSA) is 18.5 Å². The number of hydrogen-bond donors (Lipinski definition) is 0. The SMILES string of the molecule is c1ccc(OCCO[SiH](c2ccccc2)c2ccccc2)cc1. The molecule has 0 unspecified atom stereocenters. The van der Waals surface area contributed by atoms with Crippen LogP contribution in [0.2, 0.25) is 0 Å². The smallest absolute Gasteiger partial charge is 0.240 e. The molecule has 0 heterocycles. The highest BCUT2D eigenvalue weighted by Crippen LogP contribution is 2.07. The van der Waals surface area contributed by atoms with E-state index in [1.165, 1.54) is 10.4 Å². The minimum atomic E-state index is -1.66. The number of rotatable bonds is 7. The highest BCUT2D eigenvalue weighted by molar-refractivity contribution is 6.80. The van der Waals surface area contributed by atoms with Crippen LogP contribution in [-0.2, 0) is 4.43 Å². The standard InChI is InChI=1S/C20H20O2Si/c1-4-10-18(11-5-1)21-16-17-22-23(19-12-6-2-7-13-19)20-14-8-3-9-15-20/h1-15,23H,16-17H2. The molecule has 0 amide bonds. The second-order valence-electron chi connectivity index (χ2n) is 5.23. The van der Waals surface area contributed by atoms with Gasteiger partial charge in [0.25, 0.3) is 0 Å². The van der Waals surface area contributed by atoms with E-state index in [0.717, 1.165) is 5.75 Å². The summed E-state index contributed by atoms with van der Waals surface area (Å²) in [5.74, 6) is 0.883. The summed E-state index contributed by atoms with van der Waals surface area (Å²) in [7, 11) is -1.66. The third-order valence-electron chi connectivity index (χ3n) is 3.58. The Kier molecular flexibility index (Phi) is 5.62. The fourth-order valence-electron chi connectivity index (χ4n) is 2.48. The molecule has 0 aliphatic heterocycles. The van der Waals surface area contributed by atoms with Crippen LogP contribution in [0.1, 0.15) is 0 Å². The number of benzene rings is 3. The van der Waals surface area contributed by atoms with E-state index in [1.807, 2.05) is 42.5 Å². The van der Waals surface area contributed by atoms with Gasteiger partial charge >= 0.3 is 0 Å². The zero-order valence-electron chi connectivity index (χ0n) is 13.0. The first-order chi connectivity index (χ1) is 11.4. The summed E-state index contributed by atoms with van der Waals surface area (Å²) in [5.41, 5.74) is 0. The molecule has 0 bridgehead atoms. The van der Waals surface area contributed by atoms with Crippen LogP contribution in [0.25, 0.3) is 0 Å². The molecule has 0 aromatic heterocycles. The lowest BCUT2D eigenvalue weighted by atomic mass is 10.3. The monoisotopic (exact) mass is 320 g/mol. The van der Waals surface area contributed by atoms with E-state index in [4.69, 9.17) is 9.16 Å². The summed E-state index contributed by atoms with van der Waals surface area (Å²) >= 11 is 0. The summed E-state index contributed by atoms with van der Waals surface area (Å²) in [5, 5.41) is 2.58.